The van der Waals surface area contributed by atoms with Gasteiger partial charge >= 0.3 is 6.03 Å². The Bertz CT molecular complexity index is 614. The van der Waals surface area contributed by atoms with Crippen LogP contribution in [-0.4, -0.2) is 122 Å². The minimum Gasteiger partial charge on any atom is -0.394 e. The summed E-state index contributed by atoms with van der Waals surface area (Å²) in [5.74, 6) is 0. The summed E-state index contributed by atoms with van der Waals surface area (Å²) in [5, 5.41) is 30.2. The second kappa shape index (κ2) is 12.1. The van der Waals surface area contributed by atoms with Crippen molar-refractivity contribution in [3.05, 3.63) is 0 Å². The number of piperazine rings is 1. The standard InChI is InChI=1S/C23H43N5O5/c1-32-17-6-4-5-16(13-17)26-23(31)25-14-18-21(22(30)19(15-29)33-18)28-11-9-27(10-12-28)20-7-2-3-8-24-20/h16-22,24,29-30H,2-15H2,1H3,(H2,25,26,31)/t16?,17?,18-,19-,20?,21-,22+/m0/s1. The molecule has 3 heterocycles. The van der Waals surface area contributed by atoms with Crippen molar-refractivity contribution in [2.75, 3.05) is 53.0 Å². The van der Waals surface area contributed by atoms with E-state index in [9.17, 15) is 15.0 Å². The van der Waals surface area contributed by atoms with Gasteiger partial charge in [0.15, 0.2) is 0 Å². The number of carbonyl (C=O) groups excluding carboxylic acids is 1. The third-order valence-electron chi connectivity index (χ3n) is 7.90. The van der Waals surface area contributed by atoms with Crippen LogP contribution in [0.3, 0.4) is 0 Å². The van der Waals surface area contributed by atoms with Crippen LogP contribution in [0.2, 0.25) is 0 Å². The second-order valence-corrected chi connectivity index (χ2v) is 9.99. The van der Waals surface area contributed by atoms with Crippen LogP contribution in [0.1, 0.15) is 44.9 Å². The molecule has 4 fully saturated rings. The zero-order valence-corrected chi connectivity index (χ0v) is 20.0. The molecule has 3 unspecified atom stereocenters. The van der Waals surface area contributed by atoms with Crippen LogP contribution in [0.15, 0.2) is 0 Å². The average molecular weight is 470 g/mol. The van der Waals surface area contributed by atoms with E-state index in [-0.39, 0.29) is 36.9 Å². The zero-order chi connectivity index (χ0) is 23.2. The molecule has 3 aliphatic heterocycles. The highest BCUT2D eigenvalue weighted by atomic mass is 16.5. The van der Waals surface area contributed by atoms with Crippen LogP contribution in [0.5, 0.6) is 0 Å². The molecule has 0 aromatic rings. The van der Waals surface area contributed by atoms with Crippen LogP contribution in [0.4, 0.5) is 4.79 Å². The lowest BCUT2D eigenvalue weighted by Crippen LogP contribution is -2.61. The number of aliphatic hydroxyl groups is 2. The van der Waals surface area contributed by atoms with Gasteiger partial charge in [0, 0.05) is 45.9 Å². The topological polar surface area (TPSA) is 119 Å². The summed E-state index contributed by atoms with van der Waals surface area (Å²) in [6.07, 6.45) is 6.49. The summed E-state index contributed by atoms with van der Waals surface area (Å²) in [6.45, 7) is 4.71. The molecule has 4 rings (SSSR count). The van der Waals surface area contributed by atoms with Gasteiger partial charge in [-0.3, -0.25) is 9.80 Å². The minimum absolute atomic E-state index is 0.112. The molecule has 0 bridgehead atoms. The summed E-state index contributed by atoms with van der Waals surface area (Å²) in [6, 6.07) is -0.341. The van der Waals surface area contributed by atoms with E-state index in [0.717, 1.165) is 58.4 Å². The Balaban J connectivity index is 1.27. The van der Waals surface area contributed by atoms with E-state index in [1.54, 1.807) is 7.11 Å². The minimum atomic E-state index is -0.773. The number of nitrogens with one attached hydrogen (secondary N) is 3. The van der Waals surface area contributed by atoms with Crippen LogP contribution in [0.25, 0.3) is 0 Å². The van der Waals surface area contributed by atoms with Crippen LogP contribution < -0.4 is 16.0 Å². The van der Waals surface area contributed by atoms with Gasteiger partial charge in [-0.2, -0.15) is 0 Å². The molecule has 0 spiro atoms. The van der Waals surface area contributed by atoms with Gasteiger partial charge in [-0.1, -0.05) is 0 Å². The van der Waals surface area contributed by atoms with Crippen LogP contribution in [0, 0.1) is 0 Å². The van der Waals surface area contributed by atoms with Crippen molar-refractivity contribution in [1.82, 2.24) is 25.8 Å². The Morgan fingerprint density at radius 2 is 1.88 bits per heavy atom. The molecule has 10 heteroatoms. The van der Waals surface area contributed by atoms with Gasteiger partial charge in [-0.25, -0.2) is 4.79 Å². The molecule has 0 radical (unpaired) electrons. The maximum atomic E-state index is 12.5. The number of hydrogen-bond acceptors (Lipinski definition) is 8. The summed E-state index contributed by atoms with van der Waals surface area (Å²) < 4.78 is 11.4. The third kappa shape index (κ3) is 6.36. The fourth-order valence-electron chi connectivity index (χ4n) is 6.01. The molecule has 33 heavy (non-hydrogen) atoms. The quantitative estimate of drug-likeness (QED) is 0.337. The van der Waals surface area contributed by atoms with E-state index in [1.807, 2.05) is 0 Å². The average Bonchev–Trinajstić information content (AvgIpc) is 3.18. The number of carbonyl (C=O) groups is 1. The van der Waals surface area contributed by atoms with Gasteiger partial charge in [0.05, 0.1) is 31.0 Å². The number of ether oxygens (including phenoxy) is 2. The van der Waals surface area contributed by atoms with E-state index in [2.05, 4.69) is 25.8 Å². The number of nitrogens with zero attached hydrogens (tertiary/aromatic N) is 2. The molecule has 10 nitrogen and oxygen atoms in total. The first kappa shape index (κ1) is 25.1. The Hall–Kier alpha value is -1.01. The fourth-order valence-corrected chi connectivity index (χ4v) is 6.01. The predicted octanol–water partition coefficient (Wildman–Crippen LogP) is -0.550. The smallest absolute Gasteiger partial charge is 0.315 e. The lowest BCUT2D eigenvalue weighted by atomic mass is 9.93. The molecular weight excluding hydrogens is 426 g/mol. The molecule has 1 saturated carbocycles. The molecule has 4 aliphatic rings. The van der Waals surface area contributed by atoms with E-state index >= 15 is 0 Å². The van der Waals surface area contributed by atoms with Crippen molar-refractivity contribution >= 4 is 6.03 Å². The van der Waals surface area contributed by atoms with Gasteiger partial charge in [0.25, 0.3) is 0 Å². The highest BCUT2D eigenvalue weighted by molar-refractivity contribution is 5.74. The molecule has 2 amide bonds. The first-order valence-corrected chi connectivity index (χ1v) is 12.8. The number of piperidine rings is 1. The fraction of sp³-hybridized carbons (Fsp3) is 0.957. The van der Waals surface area contributed by atoms with Crippen molar-refractivity contribution in [2.45, 2.75) is 87.6 Å². The van der Waals surface area contributed by atoms with Gasteiger partial charge in [0.2, 0.25) is 0 Å². The highest BCUT2D eigenvalue weighted by Crippen LogP contribution is 2.27. The Labute approximate surface area is 197 Å². The van der Waals surface area contributed by atoms with Gasteiger partial charge in [-0.15, -0.1) is 0 Å². The first-order valence-electron chi connectivity index (χ1n) is 12.8. The summed E-state index contributed by atoms with van der Waals surface area (Å²) in [5.41, 5.74) is 0. The van der Waals surface area contributed by atoms with Crippen LogP contribution in [-0.2, 0) is 9.47 Å². The van der Waals surface area contributed by atoms with Crippen molar-refractivity contribution < 1.29 is 24.5 Å². The maximum Gasteiger partial charge on any atom is 0.315 e. The number of aliphatic hydroxyl groups excluding tert-OH is 2. The summed E-state index contributed by atoms with van der Waals surface area (Å²) in [7, 11) is 1.72. The first-order chi connectivity index (χ1) is 16.1. The predicted molar refractivity (Wildman–Crippen MR) is 124 cm³/mol. The normalized spacial score (nSPS) is 38.8. The van der Waals surface area contributed by atoms with E-state index in [0.29, 0.717) is 12.7 Å². The van der Waals surface area contributed by atoms with Crippen LogP contribution >= 0.6 is 0 Å². The molecule has 5 N–H and O–H groups in total. The number of hydrogen-bond donors (Lipinski definition) is 5. The Morgan fingerprint density at radius 1 is 1.09 bits per heavy atom. The van der Waals surface area contributed by atoms with Crippen molar-refractivity contribution in [3.8, 4) is 0 Å². The number of urea groups is 1. The molecule has 190 valence electrons. The number of methoxy groups -OCH3 is 1. The van der Waals surface area contributed by atoms with E-state index in [1.165, 1.54) is 19.3 Å². The Morgan fingerprint density at radius 3 is 2.58 bits per heavy atom. The van der Waals surface area contributed by atoms with E-state index < -0.39 is 12.2 Å². The van der Waals surface area contributed by atoms with Gasteiger partial charge in [-0.05, 0) is 51.5 Å². The zero-order valence-electron chi connectivity index (χ0n) is 20.0. The molecule has 0 aromatic heterocycles. The molecular formula is C23H43N5O5. The lowest BCUT2D eigenvalue weighted by Gasteiger charge is -2.44. The van der Waals surface area contributed by atoms with Gasteiger partial charge < -0.3 is 35.6 Å². The molecule has 7 atom stereocenters. The monoisotopic (exact) mass is 469 g/mol. The van der Waals surface area contributed by atoms with Gasteiger partial charge in [0.1, 0.15) is 12.2 Å². The molecule has 1 aliphatic carbocycles. The molecule has 0 aromatic carbocycles. The maximum absolute atomic E-state index is 12.5. The Kier molecular flexibility index (Phi) is 9.20. The SMILES string of the molecule is COC1CCCC(NC(=O)NC[C@@H]2O[C@@H](CO)[C@@H](O)[C@H]2N2CCN(C3CCCCN3)CC2)C1. The highest BCUT2D eigenvalue weighted by Gasteiger charge is 2.47. The lowest BCUT2D eigenvalue weighted by molar-refractivity contribution is -0.0206. The largest absolute Gasteiger partial charge is 0.394 e. The van der Waals surface area contributed by atoms with E-state index in [4.69, 9.17) is 9.47 Å². The second-order valence-electron chi connectivity index (χ2n) is 9.99. The van der Waals surface area contributed by atoms with Crippen molar-refractivity contribution in [3.63, 3.8) is 0 Å². The van der Waals surface area contributed by atoms with Crippen molar-refractivity contribution in [2.24, 2.45) is 0 Å². The molecule has 3 saturated heterocycles. The summed E-state index contributed by atoms with van der Waals surface area (Å²) >= 11 is 0. The number of amides is 2. The third-order valence-corrected chi connectivity index (χ3v) is 7.90. The number of rotatable bonds is 7. The summed E-state index contributed by atoms with van der Waals surface area (Å²) in [4.78, 5) is 17.3. The van der Waals surface area contributed by atoms with Crippen molar-refractivity contribution in [1.29, 1.82) is 0 Å².